The van der Waals surface area contributed by atoms with Crippen LogP contribution in [0.1, 0.15) is 31.7 Å². The molecule has 0 atom stereocenters. The summed E-state index contributed by atoms with van der Waals surface area (Å²) in [7, 11) is 0. The summed E-state index contributed by atoms with van der Waals surface area (Å²) in [5.74, 6) is -2.68. The molecule has 1 aromatic carbocycles. The van der Waals surface area contributed by atoms with Crippen molar-refractivity contribution < 1.29 is 13.9 Å². The highest BCUT2D eigenvalue weighted by atomic mass is 19.2. The first kappa shape index (κ1) is 11.0. The smallest absolute Gasteiger partial charge is 0.200 e. The minimum Gasteiger partial charge on any atom is -0.505 e. The predicted octanol–water partition coefficient (Wildman–Crippen LogP) is 3.40. The second-order valence-corrected chi connectivity index (χ2v) is 3.33. The van der Waals surface area contributed by atoms with Gasteiger partial charge in [-0.05, 0) is 24.5 Å². The Kier molecular flexibility index (Phi) is 3.86. The summed E-state index contributed by atoms with van der Waals surface area (Å²) in [5.41, 5.74) is 0.341. The lowest BCUT2D eigenvalue weighted by molar-refractivity contribution is 0.403. The molecular formula is C11H14F2O. The van der Waals surface area contributed by atoms with Crippen molar-refractivity contribution in [1.29, 1.82) is 0 Å². The standard InChI is InChI=1S/C11H14F2O/c1-2-3-4-5-8-6-7-9(14)11(13)10(8)12/h6-7,14H,2-5H2,1H3. The molecule has 0 spiro atoms. The summed E-state index contributed by atoms with van der Waals surface area (Å²) < 4.78 is 26.0. The fourth-order valence-corrected chi connectivity index (χ4v) is 1.34. The zero-order chi connectivity index (χ0) is 10.6. The van der Waals surface area contributed by atoms with Crippen molar-refractivity contribution in [2.24, 2.45) is 0 Å². The van der Waals surface area contributed by atoms with Crippen molar-refractivity contribution in [3.05, 3.63) is 29.3 Å². The van der Waals surface area contributed by atoms with Crippen molar-refractivity contribution in [2.45, 2.75) is 32.6 Å². The van der Waals surface area contributed by atoms with Gasteiger partial charge < -0.3 is 5.11 Å². The van der Waals surface area contributed by atoms with E-state index in [0.29, 0.717) is 12.0 Å². The third kappa shape index (κ3) is 2.44. The number of aryl methyl sites for hydroxylation is 1. The molecule has 1 N–H and O–H groups in total. The fourth-order valence-electron chi connectivity index (χ4n) is 1.34. The molecule has 0 saturated carbocycles. The third-order valence-electron chi connectivity index (χ3n) is 2.19. The van der Waals surface area contributed by atoms with Crippen molar-refractivity contribution in [2.75, 3.05) is 0 Å². The van der Waals surface area contributed by atoms with Gasteiger partial charge in [-0.15, -0.1) is 0 Å². The number of hydrogen-bond acceptors (Lipinski definition) is 1. The minimum absolute atomic E-state index is 0.341. The van der Waals surface area contributed by atoms with E-state index in [-0.39, 0.29) is 0 Å². The van der Waals surface area contributed by atoms with E-state index in [1.165, 1.54) is 12.1 Å². The molecule has 0 aromatic heterocycles. The number of rotatable bonds is 4. The molecule has 14 heavy (non-hydrogen) atoms. The number of hydrogen-bond donors (Lipinski definition) is 1. The van der Waals surface area contributed by atoms with Gasteiger partial charge in [-0.1, -0.05) is 25.8 Å². The van der Waals surface area contributed by atoms with Crippen LogP contribution in [0.4, 0.5) is 8.78 Å². The van der Waals surface area contributed by atoms with Crippen molar-refractivity contribution >= 4 is 0 Å². The first-order valence-corrected chi connectivity index (χ1v) is 4.82. The zero-order valence-electron chi connectivity index (χ0n) is 8.19. The van der Waals surface area contributed by atoms with Crippen LogP contribution in [0.3, 0.4) is 0 Å². The molecule has 0 amide bonds. The van der Waals surface area contributed by atoms with Crippen LogP contribution in [0, 0.1) is 11.6 Å². The van der Waals surface area contributed by atoms with Crippen LogP contribution in [-0.4, -0.2) is 5.11 Å². The Morgan fingerprint density at radius 2 is 1.86 bits per heavy atom. The summed E-state index contributed by atoms with van der Waals surface area (Å²) in [6, 6.07) is 2.63. The molecule has 78 valence electrons. The average Bonchev–Trinajstić information content (AvgIpc) is 2.18. The maximum Gasteiger partial charge on any atom is 0.200 e. The van der Waals surface area contributed by atoms with Crippen LogP contribution in [0.15, 0.2) is 12.1 Å². The van der Waals surface area contributed by atoms with Gasteiger partial charge >= 0.3 is 0 Å². The van der Waals surface area contributed by atoms with E-state index in [1.807, 2.05) is 6.92 Å². The average molecular weight is 200 g/mol. The van der Waals surface area contributed by atoms with Gasteiger partial charge in [0.05, 0.1) is 0 Å². The summed E-state index contributed by atoms with van der Waals surface area (Å²) in [4.78, 5) is 0. The topological polar surface area (TPSA) is 20.2 Å². The summed E-state index contributed by atoms with van der Waals surface area (Å²) in [6.45, 7) is 2.05. The Hall–Kier alpha value is -1.12. The molecule has 0 heterocycles. The number of phenols is 1. The molecule has 0 aliphatic carbocycles. The predicted molar refractivity (Wildman–Crippen MR) is 51.3 cm³/mol. The van der Waals surface area contributed by atoms with Gasteiger partial charge in [0.15, 0.2) is 11.6 Å². The first-order valence-electron chi connectivity index (χ1n) is 4.82. The van der Waals surface area contributed by atoms with Crippen LogP contribution in [0.2, 0.25) is 0 Å². The number of halogens is 2. The van der Waals surface area contributed by atoms with Crippen LogP contribution >= 0.6 is 0 Å². The monoisotopic (exact) mass is 200 g/mol. The SMILES string of the molecule is CCCCCc1ccc(O)c(F)c1F. The molecule has 0 fully saturated rings. The molecular weight excluding hydrogens is 186 g/mol. The zero-order valence-corrected chi connectivity index (χ0v) is 8.19. The molecule has 0 radical (unpaired) electrons. The van der Waals surface area contributed by atoms with E-state index in [2.05, 4.69) is 0 Å². The molecule has 0 aliphatic heterocycles. The maximum atomic E-state index is 13.2. The summed E-state index contributed by atoms with van der Waals surface area (Å²) in [5, 5.41) is 8.88. The third-order valence-corrected chi connectivity index (χ3v) is 2.19. The van der Waals surface area contributed by atoms with E-state index in [0.717, 1.165) is 19.3 Å². The van der Waals surface area contributed by atoms with Gasteiger partial charge in [0, 0.05) is 0 Å². The van der Waals surface area contributed by atoms with Gasteiger partial charge in [-0.3, -0.25) is 0 Å². The Balaban J connectivity index is 2.73. The van der Waals surface area contributed by atoms with Crippen molar-refractivity contribution in [1.82, 2.24) is 0 Å². The lowest BCUT2D eigenvalue weighted by Crippen LogP contribution is -1.94. The normalized spacial score (nSPS) is 10.5. The van der Waals surface area contributed by atoms with E-state index in [1.54, 1.807) is 0 Å². The lowest BCUT2D eigenvalue weighted by Gasteiger charge is -2.04. The van der Waals surface area contributed by atoms with Gasteiger partial charge in [0.1, 0.15) is 0 Å². The number of benzene rings is 1. The van der Waals surface area contributed by atoms with Crippen LogP contribution in [0.25, 0.3) is 0 Å². The summed E-state index contributed by atoms with van der Waals surface area (Å²) >= 11 is 0. The van der Waals surface area contributed by atoms with Crippen molar-refractivity contribution in [3.63, 3.8) is 0 Å². The Bertz CT molecular complexity index is 310. The minimum atomic E-state index is -1.14. The van der Waals surface area contributed by atoms with Crippen LogP contribution < -0.4 is 0 Å². The molecule has 0 saturated heterocycles. The van der Waals surface area contributed by atoms with Crippen LogP contribution in [0.5, 0.6) is 5.75 Å². The summed E-state index contributed by atoms with van der Waals surface area (Å²) in [6.07, 6.45) is 3.42. The van der Waals surface area contributed by atoms with Gasteiger partial charge in [-0.2, -0.15) is 4.39 Å². The first-order chi connectivity index (χ1) is 6.66. The van der Waals surface area contributed by atoms with E-state index in [9.17, 15) is 8.78 Å². The highest BCUT2D eigenvalue weighted by Crippen LogP contribution is 2.22. The van der Waals surface area contributed by atoms with E-state index >= 15 is 0 Å². The molecule has 0 unspecified atom stereocenters. The van der Waals surface area contributed by atoms with Crippen molar-refractivity contribution in [3.8, 4) is 5.75 Å². The Labute approximate surface area is 82.4 Å². The number of aromatic hydroxyl groups is 1. The van der Waals surface area contributed by atoms with Gasteiger partial charge in [0.2, 0.25) is 5.82 Å². The second-order valence-electron chi connectivity index (χ2n) is 3.33. The largest absolute Gasteiger partial charge is 0.505 e. The highest BCUT2D eigenvalue weighted by Gasteiger charge is 2.11. The fraction of sp³-hybridized carbons (Fsp3) is 0.455. The lowest BCUT2D eigenvalue weighted by atomic mass is 10.1. The quantitative estimate of drug-likeness (QED) is 0.738. The van der Waals surface area contributed by atoms with Gasteiger partial charge in [0.25, 0.3) is 0 Å². The molecule has 0 aliphatic rings. The molecule has 1 rings (SSSR count). The van der Waals surface area contributed by atoms with Crippen LogP contribution in [-0.2, 0) is 6.42 Å². The Morgan fingerprint density at radius 3 is 2.50 bits per heavy atom. The Morgan fingerprint density at radius 1 is 1.14 bits per heavy atom. The molecule has 3 heteroatoms. The van der Waals surface area contributed by atoms with E-state index < -0.39 is 17.4 Å². The van der Waals surface area contributed by atoms with Gasteiger partial charge in [-0.25, -0.2) is 4.39 Å². The number of unbranched alkanes of at least 4 members (excludes halogenated alkanes) is 2. The number of phenolic OH excluding ortho intramolecular Hbond substituents is 1. The van der Waals surface area contributed by atoms with E-state index in [4.69, 9.17) is 5.11 Å². The highest BCUT2D eigenvalue weighted by molar-refractivity contribution is 5.29. The molecule has 0 bridgehead atoms. The molecule has 1 nitrogen and oxygen atoms in total. The maximum absolute atomic E-state index is 13.2. The second kappa shape index (κ2) is 4.94. The molecule has 1 aromatic rings.